The maximum absolute atomic E-state index is 11.2. The quantitative estimate of drug-likeness (QED) is 0.674. The van der Waals surface area contributed by atoms with Crippen LogP contribution in [-0.2, 0) is 6.42 Å². The molecule has 0 saturated heterocycles. The van der Waals surface area contributed by atoms with Crippen molar-refractivity contribution in [1.29, 1.82) is 0 Å². The average Bonchev–Trinajstić information content (AvgIpc) is 2.96. The van der Waals surface area contributed by atoms with E-state index in [4.69, 9.17) is 11.6 Å². The summed E-state index contributed by atoms with van der Waals surface area (Å²) < 4.78 is 0. The van der Waals surface area contributed by atoms with Crippen LogP contribution in [0.4, 0.5) is 5.69 Å². The molecule has 1 aliphatic heterocycles. The van der Waals surface area contributed by atoms with Crippen molar-refractivity contribution in [3.63, 3.8) is 0 Å². The fourth-order valence-electron chi connectivity index (χ4n) is 2.24. The van der Waals surface area contributed by atoms with Crippen molar-refractivity contribution in [2.24, 2.45) is 5.10 Å². The van der Waals surface area contributed by atoms with Crippen molar-refractivity contribution in [1.82, 2.24) is 5.43 Å². The highest BCUT2D eigenvalue weighted by Gasteiger charge is 2.29. The first kappa shape index (κ1) is 14.9. The van der Waals surface area contributed by atoms with E-state index in [-0.39, 0.29) is 11.1 Å². The minimum Gasteiger partial charge on any atom is -0.291 e. The molecule has 0 saturated carbocycles. The molecule has 0 fully saturated rings. The monoisotopic (exact) mass is 333 g/mol. The largest absolute Gasteiger partial charge is 0.291 e. The van der Waals surface area contributed by atoms with Crippen LogP contribution in [0.15, 0.2) is 53.6 Å². The third-order valence-electron chi connectivity index (χ3n) is 3.25. The molecule has 1 heterocycles. The zero-order chi connectivity index (χ0) is 15.5. The average molecular weight is 334 g/mol. The van der Waals surface area contributed by atoms with E-state index >= 15 is 0 Å². The molecule has 0 spiro atoms. The van der Waals surface area contributed by atoms with Crippen LogP contribution in [0.1, 0.15) is 16.5 Å². The SMILES string of the molecule is O=[N+]([O-])c1cccc(Cl)c1[C@@H]1NN=C(Cc2ccccc2)S1. The first-order valence-electron chi connectivity index (χ1n) is 6.60. The Labute approximate surface area is 136 Å². The highest BCUT2D eigenvalue weighted by Crippen LogP contribution is 2.41. The summed E-state index contributed by atoms with van der Waals surface area (Å²) in [5, 5.41) is 16.4. The number of hydrogen-bond acceptors (Lipinski definition) is 5. The lowest BCUT2D eigenvalue weighted by Crippen LogP contribution is -2.10. The lowest BCUT2D eigenvalue weighted by atomic mass is 10.2. The Morgan fingerprint density at radius 2 is 2.00 bits per heavy atom. The maximum atomic E-state index is 11.2. The molecule has 2 aromatic rings. The first-order valence-corrected chi connectivity index (χ1v) is 7.86. The lowest BCUT2D eigenvalue weighted by Gasteiger charge is -2.11. The predicted octanol–water partition coefficient (Wildman–Crippen LogP) is 4.14. The van der Waals surface area contributed by atoms with E-state index in [1.54, 1.807) is 12.1 Å². The molecule has 2 aromatic carbocycles. The van der Waals surface area contributed by atoms with Crippen LogP contribution in [0.5, 0.6) is 0 Å². The van der Waals surface area contributed by atoms with E-state index in [0.29, 0.717) is 17.0 Å². The Hall–Kier alpha value is -2.05. The van der Waals surface area contributed by atoms with Gasteiger partial charge >= 0.3 is 0 Å². The van der Waals surface area contributed by atoms with Crippen LogP contribution in [0.25, 0.3) is 0 Å². The van der Waals surface area contributed by atoms with Gasteiger partial charge in [0.15, 0.2) is 0 Å². The summed E-state index contributed by atoms with van der Waals surface area (Å²) in [5.41, 5.74) is 4.56. The van der Waals surface area contributed by atoms with Crippen molar-refractivity contribution in [3.05, 3.63) is 74.8 Å². The minimum atomic E-state index is -0.418. The molecular formula is C15H12ClN3O2S. The van der Waals surface area contributed by atoms with E-state index in [2.05, 4.69) is 10.5 Å². The van der Waals surface area contributed by atoms with Crippen LogP contribution in [0.3, 0.4) is 0 Å². The molecule has 3 rings (SSSR count). The predicted molar refractivity (Wildman–Crippen MR) is 89.2 cm³/mol. The van der Waals surface area contributed by atoms with Gasteiger partial charge in [-0.2, -0.15) is 5.10 Å². The zero-order valence-corrected chi connectivity index (χ0v) is 13.0. The summed E-state index contributed by atoms with van der Waals surface area (Å²) >= 11 is 7.61. The number of halogens is 1. The lowest BCUT2D eigenvalue weighted by molar-refractivity contribution is -0.385. The number of nitro groups is 1. The molecule has 22 heavy (non-hydrogen) atoms. The van der Waals surface area contributed by atoms with E-state index < -0.39 is 4.92 Å². The topological polar surface area (TPSA) is 67.5 Å². The van der Waals surface area contributed by atoms with Gasteiger partial charge in [-0.3, -0.25) is 15.5 Å². The second-order valence-electron chi connectivity index (χ2n) is 4.72. The normalized spacial score (nSPS) is 17.0. The van der Waals surface area contributed by atoms with Crippen LogP contribution in [-0.4, -0.2) is 9.97 Å². The molecule has 0 amide bonds. The number of hydrazone groups is 1. The van der Waals surface area contributed by atoms with Gasteiger partial charge in [-0.15, -0.1) is 0 Å². The first-order chi connectivity index (χ1) is 10.6. The Balaban J connectivity index is 1.79. The van der Waals surface area contributed by atoms with Gasteiger partial charge in [0.2, 0.25) is 0 Å². The Morgan fingerprint density at radius 1 is 1.23 bits per heavy atom. The molecule has 112 valence electrons. The number of nitro benzene ring substituents is 1. The number of hydrogen-bond donors (Lipinski definition) is 1. The van der Waals surface area contributed by atoms with E-state index in [1.807, 2.05) is 30.3 Å². The van der Waals surface area contributed by atoms with Gasteiger partial charge in [0.25, 0.3) is 5.69 Å². The fourth-order valence-corrected chi connectivity index (χ4v) is 3.68. The smallest absolute Gasteiger partial charge is 0.277 e. The Bertz CT molecular complexity index is 737. The number of nitrogens with one attached hydrogen (secondary N) is 1. The third-order valence-corrected chi connectivity index (χ3v) is 4.66. The van der Waals surface area contributed by atoms with Gasteiger partial charge in [-0.1, -0.05) is 59.8 Å². The van der Waals surface area contributed by atoms with Crippen molar-refractivity contribution in [2.75, 3.05) is 0 Å². The van der Waals surface area contributed by atoms with Gasteiger partial charge < -0.3 is 0 Å². The summed E-state index contributed by atoms with van der Waals surface area (Å²) in [6, 6.07) is 14.6. The number of nitrogens with zero attached hydrogens (tertiary/aromatic N) is 2. The standard InChI is InChI=1S/C15H12ClN3O2S/c16-11-7-4-8-12(19(20)21)14(11)15-18-17-13(22-15)9-10-5-2-1-3-6-10/h1-8,15,18H,9H2/t15-/m1/s1. The molecule has 5 nitrogen and oxygen atoms in total. The summed E-state index contributed by atoms with van der Waals surface area (Å²) in [7, 11) is 0. The minimum absolute atomic E-state index is 0.00802. The zero-order valence-electron chi connectivity index (χ0n) is 11.4. The van der Waals surface area contributed by atoms with E-state index in [9.17, 15) is 10.1 Å². The van der Waals surface area contributed by atoms with Gasteiger partial charge in [0.1, 0.15) is 5.37 Å². The number of benzene rings is 2. The molecule has 1 atom stereocenters. The molecule has 7 heteroatoms. The Morgan fingerprint density at radius 3 is 2.73 bits per heavy atom. The molecular weight excluding hydrogens is 322 g/mol. The van der Waals surface area contributed by atoms with Gasteiger partial charge in [0, 0.05) is 12.5 Å². The molecule has 1 aliphatic rings. The van der Waals surface area contributed by atoms with Crippen molar-refractivity contribution in [2.45, 2.75) is 11.8 Å². The number of rotatable bonds is 4. The summed E-state index contributed by atoms with van der Waals surface area (Å²) in [5.74, 6) is 0. The highest BCUT2D eigenvalue weighted by molar-refractivity contribution is 8.14. The summed E-state index contributed by atoms with van der Waals surface area (Å²) in [4.78, 5) is 10.8. The van der Waals surface area contributed by atoms with E-state index in [0.717, 1.165) is 10.6 Å². The molecule has 0 bridgehead atoms. The van der Waals surface area contributed by atoms with Crippen molar-refractivity contribution >= 4 is 34.1 Å². The fraction of sp³-hybridized carbons (Fsp3) is 0.133. The Kier molecular flexibility index (Phi) is 4.31. The summed E-state index contributed by atoms with van der Waals surface area (Å²) in [6.07, 6.45) is 0.688. The third kappa shape index (κ3) is 3.08. The van der Waals surface area contributed by atoms with Crippen LogP contribution in [0.2, 0.25) is 5.02 Å². The highest BCUT2D eigenvalue weighted by atomic mass is 35.5. The molecule has 0 aliphatic carbocycles. The van der Waals surface area contributed by atoms with Crippen molar-refractivity contribution < 1.29 is 4.92 Å². The molecule has 0 aromatic heterocycles. The van der Waals surface area contributed by atoms with Gasteiger partial charge in [-0.05, 0) is 11.6 Å². The van der Waals surface area contributed by atoms with Gasteiger partial charge in [0.05, 0.1) is 20.6 Å². The molecule has 0 unspecified atom stereocenters. The van der Waals surface area contributed by atoms with Crippen LogP contribution in [0, 0.1) is 10.1 Å². The van der Waals surface area contributed by atoms with Gasteiger partial charge in [-0.25, -0.2) is 0 Å². The van der Waals surface area contributed by atoms with E-state index in [1.165, 1.54) is 17.8 Å². The van der Waals surface area contributed by atoms with Crippen LogP contribution >= 0.6 is 23.4 Å². The molecule has 1 N–H and O–H groups in total. The van der Waals surface area contributed by atoms with Crippen LogP contribution < -0.4 is 5.43 Å². The van der Waals surface area contributed by atoms with Crippen molar-refractivity contribution in [3.8, 4) is 0 Å². The summed E-state index contributed by atoms with van der Waals surface area (Å²) in [6.45, 7) is 0. The molecule has 0 radical (unpaired) electrons. The number of thioether (sulfide) groups is 1. The second kappa shape index (κ2) is 6.37. The second-order valence-corrected chi connectivity index (χ2v) is 6.31. The maximum Gasteiger partial charge on any atom is 0.277 e.